The van der Waals surface area contributed by atoms with Gasteiger partial charge in [-0.25, -0.2) is 9.59 Å². The SMILES string of the molecule is CCCCCCCCCCCCCCCCCCOC(=O)[C@H](C)NC(=O)OCCCC. The summed E-state index contributed by atoms with van der Waals surface area (Å²) >= 11 is 0. The van der Waals surface area contributed by atoms with Gasteiger partial charge >= 0.3 is 12.1 Å². The average Bonchev–Trinajstić information content (AvgIpc) is 2.75. The molecule has 0 aliphatic carbocycles. The number of carbonyl (C=O) groups excluding carboxylic acids is 2. The van der Waals surface area contributed by atoms with E-state index >= 15 is 0 Å². The quantitative estimate of drug-likeness (QED) is 0.138. The summed E-state index contributed by atoms with van der Waals surface area (Å²) in [5.74, 6) is -0.395. The van der Waals surface area contributed by atoms with Crippen molar-refractivity contribution < 1.29 is 19.1 Å². The molecule has 1 amide bonds. The molecule has 0 aromatic rings. The van der Waals surface area contributed by atoms with E-state index in [1.54, 1.807) is 6.92 Å². The number of amides is 1. The number of esters is 1. The number of nitrogens with one attached hydrogen (secondary N) is 1. The monoisotopic (exact) mass is 441 g/mol. The second-order valence-electron chi connectivity index (χ2n) is 8.83. The van der Waals surface area contributed by atoms with Gasteiger partial charge in [0, 0.05) is 0 Å². The average molecular weight is 442 g/mol. The normalized spacial score (nSPS) is 11.8. The van der Waals surface area contributed by atoms with Gasteiger partial charge in [-0.2, -0.15) is 0 Å². The van der Waals surface area contributed by atoms with E-state index in [1.165, 1.54) is 89.9 Å². The van der Waals surface area contributed by atoms with Gasteiger partial charge in [0.15, 0.2) is 0 Å². The van der Waals surface area contributed by atoms with Crippen molar-refractivity contribution in [1.29, 1.82) is 0 Å². The van der Waals surface area contributed by atoms with Crippen LogP contribution in [0.2, 0.25) is 0 Å². The molecule has 1 atom stereocenters. The Morgan fingerprint density at radius 3 is 1.42 bits per heavy atom. The smallest absolute Gasteiger partial charge is 0.407 e. The molecule has 0 saturated heterocycles. The fourth-order valence-electron chi connectivity index (χ4n) is 3.53. The van der Waals surface area contributed by atoms with Crippen molar-refractivity contribution in [1.82, 2.24) is 5.32 Å². The van der Waals surface area contributed by atoms with Crippen molar-refractivity contribution in [2.24, 2.45) is 0 Å². The van der Waals surface area contributed by atoms with Crippen LogP contribution in [0.3, 0.4) is 0 Å². The van der Waals surface area contributed by atoms with Crippen LogP contribution in [0.25, 0.3) is 0 Å². The molecule has 0 heterocycles. The summed E-state index contributed by atoms with van der Waals surface area (Å²) in [6.45, 7) is 6.73. The van der Waals surface area contributed by atoms with E-state index in [9.17, 15) is 9.59 Å². The maximum atomic E-state index is 11.9. The first kappa shape index (κ1) is 29.7. The number of ether oxygens (including phenoxy) is 2. The summed E-state index contributed by atoms with van der Waals surface area (Å²) in [5.41, 5.74) is 0. The highest BCUT2D eigenvalue weighted by molar-refractivity contribution is 5.80. The van der Waals surface area contributed by atoms with Crippen LogP contribution in [-0.4, -0.2) is 31.3 Å². The zero-order valence-corrected chi connectivity index (χ0v) is 20.9. The molecule has 0 rings (SSSR count). The molecule has 184 valence electrons. The van der Waals surface area contributed by atoms with Gasteiger partial charge in [-0.15, -0.1) is 0 Å². The number of unbranched alkanes of at least 4 members (excludes halogenated alkanes) is 16. The Balaban J connectivity index is 3.33. The van der Waals surface area contributed by atoms with Crippen LogP contribution in [0.15, 0.2) is 0 Å². The Morgan fingerprint density at radius 2 is 0.968 bits per heavy atom. The third-order valence-corrected chi connectivity index (χ3v) is 5.66. The van der Waals surface area contributed by atoms with Crippen molar-refractivity contribution in [2.75, 3.05) is 13.2 Å². The molecule has 31 heavy (non-hydrogen) atoms. The Kier molecular flexibility index (Phi) is 22.5. The van der Waals surface area contributed by atoms with E-state index in [4.69, 9.17) is 9.47 Å². The van der Waals surface area contributed by atoms with Gasteiger partial charge in [-0.3, -0.25) is 0 Å². The molecule has 5 nitrogen and oxygen atoms in total. The molecule has 0 aromatic carbocycles. The van der Waals surface area contributed by atoms with Crippen LogP contribution in [0.5, 0.6) is 0 Å². The van der Waals surface area contributed by atoms with Crippen LogP contribution in [0.1, 0.15) is 136 Å². The van der Waals surface area contributed by atoms with E-state index in [1.807, 2.05) is 6.92 Å². The Hall–Kier alpha value is -1.26. The lowest BCUT2D eigenvalue weighted by Gasteiger charge is -2.13. The fraction of sp³-hybridized carbons (Fsp3) is 0.923. The molecule has 0 aromatic heterocycles. The van der Waals surface area contributed by atoms with Crippen LogP contribution < -0.4 is 5.32 Å². The molecule has 0 aliphatic heterocycles. The number of carbonyl (C=O) groups is 2. The van der Waals surface area contributed by atoms with Crippen molar-refractivity contribution in [3.63, 3.8) is 0 Å². The predicted molar refractivity (Wildman–Crippen MR) is 129 cm³/mol. The minimum Gasteiger partial charge on any atom is -0.464 e. The second-order valence-corrected chi connectivity index (χ2v) is 8.83. The van der Waals surface area contributed by atoms with Crippen LogP contribution in [0, 0.1) is 0 Å². The molecular formula is C26H51NO4. The third kappa shape index (κ3) is 21.7. The lowest BCUT2D eigenvalue weighted by Crippen LogP contribution is -2.40. The summed E-state index contributed by atoms with van der Waals surface area (Å²) in [7, 11) is 0. The molecule has 0 unspecified atom stereocenters. The first-order valence-corrected chi connectivity index (χ1v) is 13.2. The van der Waals surface area contributed by atoms with Gasteiger partial charge in [0.05, 0.1) is 13.2 Å². The summed E-state index contributed by atoms with van der Waals surface area (Å²) in [5, 5.41) is 2.51. The molecule has 0 radical (unpaired) electrons. The summed E-state index contributed by atoms with van der Waals surface area (Å²) in [6.07, 6.45) is 22.4. The molecule has 1 N–H and O–H groups in total. The highest BCUT2D eigenvalue weighted by Gasteiger charge is 2.17. The Morgan fingerprint density at radius 1 is 0.581 bits per heavy atom. The van der Waals surface area contributed by atoms with Gasteiger partial charge in [-0.05, 0) is 19.8 Å². The van der Waals surface area contributed by atoms with Gasteiger partial charge in [-0.1, -0.05) is 117 Å². The zero-order chi connectivity index (χ0) is 23.0. The van der Waals surface area contributed by atoms with E-state index in [0.717, 1.165) is 25.7 Å². The molecule has 5 heteroatoms. The minimum atomic E-state index is -0.671. The highest BCUT2D eigenvalue weighted by Crippen LogP contribution is 2.13. The topological polar surface area (TPSA) is 64.6 Å². The zero-order valence-electron chi connectivity index (χ0n) is 20.9. The lowest BCUT2D eigenvalue weighted by molar-refractivity contribution is -0.145. The molecule has 0 spiro atoms. The van der Waals surface area contributed by atoms with Crippen molar-refractivity contribution in [3.05, 3.63) is 0 Å². The first-order chi connectivity index (χ1) is 15.1. The standard InChI is InChI=1S/C26H51NO4/c1-4-6-8-9-10-11-12-13-14-15-16-17-18-19-20-21-23-30-25(28)24(3)27-26(29)31-22-7-5-2/h24H,4-23H2,1-3H3,(H,27,29)/t24-/m0/s1. The van der Waals surface area contributed by atoms with Crippen LogP contribution >= 0.6 is 0 Å². The van der Waals surface area contributed by atoms with Gasteiger partial charge < -0.3 is 14.8 Å². The first-order valence-electron chi connectivity index (χ1n) is 13.2. The molecule has 0 fully saturated rings. The van der Waals surface area contributed by atoms with Crippen molar-refractivity contribution in [2.45, 2.75) is 142 Å². The van der Waals surface area contributed by atoms with E-state index in [-0.39, 0.29) is 0 Å². The number of alkyl carbamates (subject to hydrolysis) is 1. The second kappa shape index (κ2) is 23.4. The lowest BCUT2D eigenvalue weighted by atomic mass is 10.0. The maximum absolute atomic E-state index is 11.9. The molecular weight excluding hydrogens is 390 g/mol. The van der Waals surface area contributed by atoms with Gasteiger partial charge in [0.1, 0.15) is 6.04 Å². The predicted octanol–water partition coefficient (Wildman–Crippen LogP) is 7.71. The fourth-order valence-corrected chi connectivity index (χ4v) is 3.53. The van der Waals surface area contributed by atoms with Gasteiger partial charge in [0.2, 0.25) is 0 Å². The summed E-state index contributed by atoms with van der Waals surface area (Å²) < 4.78 is 10.2. The Labute approximate surface area is 192 Å². The van der Waals surface area contributed by atoms with E-state index in [2.05, 4.69) is 12.2 Å². The number of rotatable bonds is 22. The summed E-state index contributed by atoms with van der Waals surface area (Å²) in [4.78, 5) is 23.4. The minimum absolute atomic E-state index is 0.378. The van der Waals surface area contributed by atoms with E-state index in [0.29, 0.717) is 13.2 Å². The maximum Gasteiger partial charge on any atom is 0.407 e. The molecule has 0 saturated carbocycles. The van der Waals surface area contributed by atoms with Crippen molar-refractivity contribution in [3.8, 4) is 0 Å². The highest BCUT2D eigenvalue weighted by atomic mass is 16.6. The molecule has 0 aliphatic rings. The third-order valence-electron chi connectivity index (χ3n) is 5.66. The van der Waals surface area contributed by atoms with Gasteiger partial charge in [0.25, 0.3) is 0 Å². The molecule has 0 bridgehead atoms. The number of hydrogen-bond donors (Lipinski definition) is 1. The van der Waals surface area contributed by atoms with Crippen LogP contribution in [-0.2, 0) is 14.3 Å². The summed E-state index contributed by atoms with van der Waals surface area (Å²) in [6, 6.07) is -0.671. The number of hydrogen-bond acceptors (Lipinski definition) is 4. The van der Waals surface area contributed by atoms with Crippen molar-refractivity contribution >= 4 is 12.1 Å². The van der Waals surface area contributed by atoms with E-state index < -0.39 is 18.1 Å². The Bertz CT molecular complexity index is 414. The van der Waals surface area contributed by atoms with Crippen LogP contribution in [0.4, 0.5) is 4.79 Å². The largest absolute Gasteiger partial charge is 0.464 e.